The van der Waals surface area contributed by atoms with Crippen LogP contribution in [0, 0.1) is 0 Å². The summed E-state index contributed by atoms with van der Waals surface area (Å²) in [4.78, 5) is 17.4. The number of aromatic nitrogens is 2. The van der Waals surface area contributed by atoms with Gasteiger partial charge in [-0.05, 0) is 70.0 Å². The van der Waals surface area contributed by atoms with Crippen LogP contribution in [0.25, 0.3) is 11.0 Å². The number of piperidine rings is 1. The number of carbonyl (C=O) groups is 1. The van der Waals surface area contributed by atoms with Crippen molar-refractivity contribution >= 4 is 32.7 Å². The van der Waals surface area contributed by atoms with Gasteiger partial charge in [0.1, 0.15) is 5.82 Å². The Morgan fingerprint density at radius 2 is 1.85 bits per heavy atom. The lowest BCUT2D eigenvalue weighted by Crippen LogP contribution is -2.35. The maximum absolute atomic E-state index is 13.1. The van der Waals surface area contributed by atoms with Crippen molar-refractivity contribution < 1.29 is 13.2 Å². The first-order valence-corrected chi connectivity index (χ1v) is 13.4. The highest BCUT2D eigenvalue weighted by molar-refractivity contribution is 7.89. The van der Waals surface area contributed by atoms with Crippen molar-refractivity contribution in [2.75, 3.05) is 18.4 Å². The number of sulfonamides is 1. The molecule has 0 aliphatic carbocycles. The van der Waals surface area contributed by atoms with Gasteiger partial charge in [-0.25, -0.2) is 13.4 Å². The lowest BCUT2D eigenvalue weighted by Gasteiger charge is -2.25. The van der Waals surface area contributed by atoms with Crippen LogP contribution < -0.4 is 10.6 Å². The molecule has 0 saturated carbocycles. The van der Waals surface area contributed by atoms with E-state index in [0.29, 0.717) is 42.2 Å². The molecule has 34 heavy (non-hydrogen) atoms. The molecule has 0 bridgehead atoms. The fourth-order valence-electron chi connectivity index (χ4n) is 4.36. The largest absolute Gasteiger partial charge is 0.378 e. The molecule has 0 unspecified atom stereocenters. The highest BCUT2D eigenvalue weighted by Crippen LogP contribution is 2.25. The van der Waals surface area contributed by atoms with Crippen LogP contribution in [0.4, 0.5) is 5.69 Å². The fraction of sp³-hybridized carbons (Fsp3) is 0.440. The second-order valence-corrected chi connectivity index (χ2v) is 10.9. The maximum atomic E-state index is 13.1. The van der Waals surface area contributed by atoms with Crippen molar-refractivity contribution in [1.82, 2.24) is 19.2 Å². The first-order chi connectivity index (χ1) is 16.3. The van der Waals surface area contributed by atoms with Crippen LogP contribution in [0.2, 0.25) is 0 Å². The molecule has 1 aliphatic rings. The number of nitrogens with one attached hydrogen (secondary N) is 2. The third-order valence-corrected chi connectivity index (χ3v) is 7.96. The van der Waals surface area contributed by atoms with Crippen LogP contribution in [0.3, 0.4) is 0 Å². The summed E-state index contributed by atoms with van der Waals surface area (Å²) >= 11 is 0. The molecule has 0 atom stereocenters. The lowest BCUT2D eigenvalue weighted by molar-refractivity contribution is 0.0943. The molecule has 4 rings (SSSR count). The van der Waals surface area contributed by atoms with E-state index < -0.39 is 10.0 Å². The number of hydrogen-bond donors (Lipinski definition) is 2. The van der Waals surface area contributed by atoms with Gasteiger partial charge in [0.15, 0.2) is 0 Å². The Balaban J connectivity index is 1.56. The molecule has 1 aliphatic heterocycles. The second kappa shape index (κ2) is 10.1. The highest BCUT2D eigenvalue weighted by Gasteiger charge is 2.26. The zero-order valence-electron chi connectivity index (χ0n) is 20.0. The molecule has 1 amide bonds. The van der Waals surface area contributed by atoms with Crippen LogP contribution in [-0.4, -0.2) is 47.3 Å². The normalized spacial score (nSPS) is 15.1. The third kappa shape index (κ3) is 5.10. The summed E-state index contributed by atoms with van der Waals surface area (Å²) in [5.74, 6) is 0.698. The van der Waals surface area contributed by atoms with Gasteiger partial charge in [0, 0.05) is 36.9 Å². The van der Waals surface area contributed by atoms with Gasteiger partial charge in [-0.15, -0.1) is 0 Å². The van der Waals surface area contributed by atoms with Gasteiger partial charge < -0.3 is 15.2 Å². The van der Waals surface area contributed by atoms with E-state index in [9.17, 15) is 13.2 Å². The quantitative estimate of drug-likeness (QED) is 0.505. The number of anilines is 1. The molecule has 9 heteroatoms. The zero-order valence-corrected chi connectivity index (χ0v) is 20.9. The topological polar surface area (TPSA) is 96.3 Å². The predicted octanol–water partition coefficient (Wildman–Crippen LogP) is 3.98. The molecule has 1 saturated heterocycles. The van der Waals surface area contributed by atoms with Crippen molar-refractivity contribution in [3.63, 3.8) is 0 Å². The van der Waals surface area contributed by atoms with Gasteiger partial charge in [-0.1, -0.05) is 12.5 Å². The summed E-state index contributed by atoms with van der Waals surface area (Å²) in [6.45, 7) is 8.21. The SMILES string of the molecule is CCn1c(CNc2cccc(C(=O)NC(C)C)c2)nc2cc(S(=O)(=O)N3CCCCC3)ccc21. The van der Waals surface area contributed by atoms with Gasteiger partial charge in [-0.3, -0.25) is 4.79 Å². The number of carbonyl (C=O) groups excluding carboxylic acids is 1. The molecule has 182 valence electrons. The van der Waals surface area contributed by atoms with Crippen molar-refractivity contribution in [2.24, 2.45) is 0 Å². The standard InChI is InChI=1S/C25H33N5O3S/c1-4-30-23-12-11-21(34(32,33)29-13-6-5-7-14-29)16-22(23)28-24(30)17-26-20-10-8-9-19(15-20)25(31)27-18(2)3/h8-12,15-16,18,26H,4-7,13-14,17H2,1-3H3,(H,27,31). The molecular weight excluding hydrogens is 450 g/mol. The van der Waals surface area contributed by atoms with E-state index in [1.165, 1.54) is 0 Å². The Bertz CT molecular complexity index is 1280. The summed E-state index contributed by atoms with van der Waals surface area (Å²) in [7, 11) is -3.51. The van der Waals surface area contributed by atoms with Crippen molar-refractivity contribution in [1.29, 1.82) is 0 Å². The minimum atomic E-state index is -3.51. The lowest BCUT2D eigenvalue weighted by atomic mass is 10.2. The summed E-state index contributed by atoms with van der Waals surface area (Å²) in [6.07, 6.45) is 2.89. The number of aryl methyl sites for hydroxylation is 1. The molecule has 8 nitrogen and oxygen atoms in total. The smallest absolute Gasteiger partial charge is 0.251 e. The number of hydrogen-bond acceptors (Lipinski definition) is 5. The molecule has 1 fully saturated rings. The highest BCUT2D eigenvalue weighted by atomic mass is 32.2. The van der Waals surface area contributed by atoms with Crippen LogP contribution in [0.15, 0.2) is 47.4 Å². The number of imidazole rings is 1. The first-order valence-electron chi connectivity index (χ1n) is 11.9. The van der Waals surface area contributed by atoms with Crippen LogP contribution in [0.1, 0.15) is 56.2 Å². The Morgan fingerprint density at radius 1 is 1.09 bits per heavy atom. The van der Waals surface area contributed by atoms with Gasteiger partial charge in [-0.2, -0.15) is 4.31 Å². The second-order valence-electron chi connectivity index (χ2n) is 8.95. The van der Waals surface area contributed by atoms with Crippen molar-refractivity contribution in [3.8, 4) is 0 Å². The number of fused-ring (bicyclic) bond motifs is 1. The van der Waals surface area contributed by atoms with Gasteiger partial charge in [0.05, 0.1) is 22.5 Å². The fourth-order valence-corrected chi connectivity index (χ4v) is 5.90. The van der Waals surface area contributed by atoms with Crippen LogP contribution >= 0.6 is 0 Å². The molecule has 2 N–H and O–H groups in total. The average molecular weight is 484 g/mol. The van der Waals surface area contributed by atoms with E-state index in [1.807, 2.05) is 45.0 Å². The zero-order chi connectivity index (χ0) is 24.3. The van der Waals surface area contributed by atoms with E-state index in [4.69, 9.17) is 4.98 Å². The minimum absolute atomic E-state index is 0.0668. The summed E-state index contributed by atoms with van der Waals surface area (Å²) in [5.41, 5.74) is 2.98. The first kappa shape index (κ1) is 24.2. The Morgan fingerprint density at radius 3 is 2.56 bits per heavy atom. The number of benzene rings is 2. The summed E-state index contributed by atoms with van der Waals surface area (Å²) in [6, 6.07) is 12.7. The Hall–Kier alpha value is -2.91. The molecule has 1 aromatic heterocycles. The van der Waals surface area contributed by atoms with E-state index in [1.54, 1.807) is 22.5 Å². The van der Waals surface area contributed by atoms with Gasteiger partial charge in [0.2, 0.25) is 10.0 Å². The van der Waals surface area contributed by atoms with Gasteiger partial charge >= 0.3 is 0 Å². The van der Waals surface area contributed by atoms with Crippen molar-refractivity contribution in [3.05, 3.63) is 53.9 Å². The third-order valence-electron chi connectivity index (χ3n) is 6.06. The number of amides is 1. The number of rotatable bonds is 8. The monoisotopic (exact) mass is 483 g/mol. The Kier molecular flexibility index (Phi) is 7.23. The molecule has 0 spiro atoms. The maximum Gasteiger partial charge on any atom is 0.251 e. The van der Waals surface area contributed by atoms with Gasteiger partial charge in [0.25, 0.3) is 5.91 Å². The summed E-state index contributed by atoms with van der Waals surface area (Å²) in [5, 5.41) is 6.25. The molecule has 2 heterocycles. The van der Waals surface area contributed by atoms with E-state index in [0.717, 1.165) is 36.3 Å². The van der Waals surface area contributed by atoms with Crippen molar-refractivity contribution in [2.45, 2.75) is 64.1 Å². The van der Waals surface area contributed by atoms with Crippen LogP contribution in [0.5, 0.6) is 0 Å². The molecule has 2 aromatic carbocycles. The molecule has 0 radical (unpaired) electrons. The predicted molar refractivity (Wildman–Crippen MR) is 134 cm³/mol. The van der Waals surface area contributed by atoms with E-state index in [2.05, 4.69) is 15.2 Å². The van der Waals surface area contributed by atoms with E-state index >= 15 is 0 Å². The van der Waals surface area contributed by atoms with Crippen LogP contribution in [-0.2, 0) is 23.1 Å². The molecular formula is C25H33N5O3S. The number of nitrogens with zero attached hydrogens (tertiary/aromatic N) is 3. The minimum Gasteiger partial charge on any atom is -0.378 e. The van der Waals surface area contributed by atoms with E-state index in [-0.39, 0.29) is 11.9 Å². The Labute approximate surface area is 201 Å². The molecule has 3 aromatic rings. The summed E-state index contributed by atoms with van der Waals surface area (Å²) < 4.78 is 29.9. The average Bonchev–Trinajstić information content (AvgIpc) is 3.19.